The Morgan fingerprint density at radius 2 is 1.95 bits per heavy atom. The Morgan fingerprint density at radius 1 is 1.25 bits per heavy atom. The third-order valence-corrected chi connectivity index (χ3v) is 3.16. The highest BCUT2D eigenvalue weighted by atomic mass is 16.5. The molecule has 1 rings (SSSR count). The lowest BCUT2D eigenvalue weighted by molar-refractivity contribution is 0.192. The first-order chi connectivity index (χ1) is 9.67. The number of carbonyl (C=O) groups is 1. The summed E-state index contributed by atoms with van der Waals surface area (Å²) < 4.78 is 4.95. The number of carbonyl (C=O) groups excluding carboxylic acids is 1. The molecule has 0 heterocycles. The highest BCUT2D eigenvalue weighted by molar-refractivity contribution is 5.89. The van der Waals surface area contributed by atoms with Crippen LogP contribution in [-0.4, -0.2) is 33.3 Å². The molecule has 1 aromatic rings. The van der Waals surface area contributed by atoms with E-state index in [1.807, 2.05) is 31.3 Å². The minimum Gasteiger partial charge on any atom is -0.385 e. The first kappa shape index (κ1) is 16.5. The van der Waals surface area contributed by atoms with Crippen LogP contribution in [0.1, 0.15) is 31.4 Å². The van der Waals surface area contributed by atoms with Crippen molar-refractivity contribution < 1.29 is 9.53 Å². The van der Waals surface area contributed by atoms with Gasteiger partial charge in [0.2, 0.25) is 0 Å². The van der Waals surface area contributed by atoms with Gasteiger partial charge in [-0.2, -0.15) is 0 Å². The molecule has 1 atom stereocenters. The van der Waals surface area contributed by atoms with E-state index in [0.717, 1.165) is 25.1 Å². The fourth-order valence-electron chi connectivity index (χ4n) is 1.77. The lowest BCUT2D eigenvalue weighted by Gasteiger charge is -2.12. The highest BCUT2D eigenvalue weighted by Gasteiger charge is 2.04. The third-order valence-electron chi connectivity index (χ3n) is 3.16. The average Bonchev–Trinajstić information content (AvgIpc) is 2.47. The maximum Gasteiger partial charge on any atom is 0.319 e. The van der Waals surface area contributed by atoms with E-state index in [1.165, 1.54) is 5.56 Å². The molecule has 0 aromatic heterocycles. The van der Waals surface area contributed by atoms with E-state index in [2.05, 4.69) is 22.9 Å². The summed E-state index contributed by atoms with van der Waals surface area (Å²) in [6, 6.07) is 7.97. The second-order valence-electron chi connectivity index (χ2n) is 4.71. The maximum absolute atomic E-state index is 11.7. The van der Waals surface area contributed by atoms with Gasteiger partial charge in [0.25, 0.3) is 0 Å². The van der Waals surface area contributed by atoms with Crippen LogP contribution in [0.4, 0.5) is 10.5 Å². The summed E-state index contributed by atoms with van der Waals surface area (Å²) in [6.07, 6.45) is 1.87. The molecule has 2 amide bonds. The molecular formula is C15H25N3O2. The van der Waals surface area contributed by atoms with Crippen molar-refractivity contribution in [2.75, 3.05) is 32.6 Å². The molecule has 1 unspecified atom stereocenters. The van der Waals surface area contributed by atoms with Crippen molar-refractivity contribution in [3.05, 3.63) is 29.8 Å². The molecule has 0 aliphatic heterocycles. The van der Waals surface area contributed by atoms with Crippen molar-refractivity contribution >= 4 is 11.7 Å². The topological polar surface area (TPSA) is 62.4 Å². The molecule has 0 radical (unpaired) electrons. The largest absolute Gasteiger partial charge is 0.385 e. The standard InChI is InChI=1S/C15H25N3O2/c1-12(16-2)13-6-8-14(9-7-13)18-15(19)17-10-4-5-11-20-3/h6-9,12,16H,4-5,10-11H2,1-3H3,(H2,17,18,19). The number of amides is 2. The molecular weight excluding hydrogens is 254 g/mol. The zero-order valence-corrected chi connectivity index (χ0v) is 12.5. The molecule has 0 saturated heterocycles. The molecule has 0 spiro atoms. The predicted molar refractivity (Wildman–Crippen MR) is 82.0 cm³/mol. The van der Waals surface area contributed by atoms with Crippen LogP contribution in [0.5, 0.6) is 0 Å². The van der Waals surface area contributed by atoms with Gasteiger partial charge in [-0.3, -0.25) is 0 Å². The molecule has 20 heavy (non-hydrogen) atoms. The molecule has 0 saturated carbocycles. The molecule has 112 valence electrons. The fourth-order valence-corrected chi connectivity index (χ4v) is 1.77. The summed E-state index contributed by atoms with van der Waals surface area (Å²) in [5.74, 6) is 0. The van der Waals surface area contributed by atoms with Gasteiger partial charge in [-0.25, -0.2) is 4.79 Å². The van der Waals surface area contributed by atoms with E-state index < -0.39 is 0 Å². The Balaban J connectivity index is 2.31. The van der Waals surface area contributed by atoms with Gasteiger partial charge >= 0.3 is 6.03 Å². The van der Waals surface area contributed by atoms with Crippen LogP contribution in [0.3, 0.4) is 0 Å². The first-order valence-corrected chi connectivity index (χ1v) is 6.98. The van der Waals surface area contributed by atoms with Gasteiger partial charge in [0, 0.05) is 32.0 Å². The van der Waals surface area contributed by atoms with Gasteiger partial charge in [-0.15, -0.1) is 0 Å². The molecule has 5 nitrogen and oxygen atoms in total. The molecule has 0 fully saturated rings. The number of ether oxygens (including phenoxy) is 1. The monoisotopic (exact) mass is 279 g/mol. The van der Waals surface area contributed by atoms with Gasteiger partial charge in [-0.05, 0) is 44.5 Å². The van der Waals surface area contributed by atoms with E-state index >= 15 is 0 Å². The summed E-state index contributed by atoms with van der Waals surface area (Å²) >= 11 is 0. The van der Waals surface area contributed by atoms with Crippen LogP contribution in [0.25, 0.3) is 0 Å². The fraction of sp³-hybridized carbons (Fsp3) is 0.533. The van der Waals surface area contributed by atoms with E-state index in [9.17, 15) is 4.79 Å². The number of benzene rings is 1. The van der Waals surface area contributed by atoms with Crippen molar-refractivity contribution in [2.45, 2.75) is 25.8 Å². The molecule has 0 aliphatic carbocycles. The first-order valence-electron chi connectivity index (χ1n) is 6.98. The van der Waals surface area contributed by atoms with Crippen molar-refractivity contribution in [2.24, 2.45) is 0 Å². The minimum absolute atomic E-state index is 0.170. The van der Waals surface area contributed by atoms with Crippen LogP contribution in [0.2, 0.25) is 0 Å². The number of unbranched alkanes of at least 4 members (excludes halogenated alkanes) is 1. The molecule has 0 bridgehead atoms. The Hall–Kier alpha value is -1.59. The normalized spacial score (nSPS) is 11.9. The Kier molecular flexibility index (Phi) is 7.69. The molecule has 0 aliphatic rings. The van der Waals surface area contributed by atoms with Gasteiger partial charge < -0.3 is 20.7 Å². The SMILES string of the molecule is CNC(C)c1ccc(NC(=O)NCCCCOC)cc1. The van der Waals surface area contributed by atoms with Gasteiger partial charge in [0.1, 0.15) is 0 Å². The summed E-state index contributed by atoms with van der Waals surface area (Å²) in [7, 11) is 3.60. The quantitative estimate of drug-likeness (QED) is 0.641. The zero-order valence-electron chi connectivity index (χ0n) is 12.5. The highest BCUT2D eigenvalue weighted by Crippen LogP contribution is 2.15. The Morgan fingerprint density at radius 3 is 2.55 bits per heavy atom. The number of nitrogens with one attached hydrogen (secondary N) is 3. The summed E-state index contributed by atoms with van der Waals surface area (Å²) in [5, 5.41) is 8.81. The second kappa shape index (κ2) is 9.34. The molecule has 1 aromatic carbocycles. The summed E-state index contributed by atoms with van der Waals surface area (Å²) in [5.41, 5.74) is 1.99. The summed E-state index contributed by atoms with van der Waals surface area (Å²) in [4.78, 5) is 11.7. The van der Waals surface area contributed by atoms with Crippen LogP contribution < -0.4 is 16.0 Å². The van der Waals surface area contributed by atoms with Gasteiger partial charge in [0.15, 0.2) is 0 Å². The van der Waals surface area contributed by atoms with Crippen molar-refractivity contribution in [3.8, 4) is 0 Å². The Labute approximate surface area is 121 Å². The van der Waals surface area contributed by atoms with Crippen LogP contribution in [0.15, 0.2) is 24.3 Å². The smallest absolute Gasteiger partial charge is 0.319 e. The number of urea groups is 1. The third kappa shape index (κ3) is 6.04. The van der Waals surface area contributed by atoms with Crippen molar-refractivity contribution in [1.82, 2.24) is 10.6 Å². The second-order valence-corrected chi connectivity index (χ2v) is 4.71. The zero-order chi connectivity index (χ0) is 14.8. The van der Waals surface area contributed by atoms with E-state index in [4.69, 9.17) is 4.74 Å². The van der Waals surface area contributed by atoms with E-state index in [0.29, 0.717) is 12.6 Å². The number of methoxy groups -OCH3 is 1. The van der Waals surface area contributed by atoms with Gasteiger partial charge in [-0.1, -0.05) is 12.1 Å². The summed E-state index contributed by atoms with van der Waals surface area (Å²) in [6.45, 7) is 3.48. The number of rotatable bonds is 8. The van der Waals surface area contributed by atoms with E-state index in [1.54, 1.807) is 7.11 Å². The molecule has 3 N–H and O–H groups in total. The van der Waals surface area contributed by atoms with Crippen molar-refractivity contribution in [3.63, 3.8) is 0 Å². The lowest BCUT2D eigenvalue weighted by atomic mass is 10.1. The average molecular weight is 279 g/mol. The molecule has 5 heteroatoms. The van der Waals surface area contributed by atoms with Crippen LogP contribution in [0, 0.1) is 0 Å². The Bertz CT molecular complexity index is 393. The number of hydrogen-bond donors (Lipinski definition) is 3. The minimum atomic E-state index is -0.170. The lowest BCUT2D eigenvalue weighted by Crippen LogP contribution is -2.29. The predicted octanol–water partition coefficient (Wildman–Crippen LogP) is 2.52. The number of anilines is 1. The maximum atomic E-state index is 11.7. The van der Waals surface area contributed by atoms with E-state index in [-0.39, 0.29) is 6.03 Å². The van der Waals surface area contributed by atoms with Crippen LogP contribution in [-0.2, 0) is 4.74 Å². The number of hydrogen-bond acceptors (Lipinski definition) is 3. The van der Waals surface area contributed by atoms with Crippen LogP contribution >= 0.6 is 0 Å². The van der Waals surface area contributed by atoms with Crippen molar-refractivity contribution in [1.29, 1.82) is 0 Å². The van der Waals surface area contributed by atoms with Gasteiger partial charge in [0.05, 0.1) is 0 Å².